The molecule has 0 bridgehead atoms. The summed E-state index contributed by atoms with van der Waals surface area (Å²) in [6.45, 7) is 1.60. The first-order valence-corrected chi connectivity index (χ1v) is 17.2. The van der Waals surface area contributed by atoms with Crippen LogP contribution in [0.2, 0.25) is 0 Å². The van der Waals surface area contributed by atoms with Gasteiger partial charge >= 0.3 is 11.9 Å². The van der Waals surface area contributed by atoms with Crippen LogP contribution in [0.4, 0.5) is 0 Å². The number of hydrogen-bond donors (Lipinski definition) is 1. The smallest absolute Gasteiger partial charge is 0.336 e. The highest BCUT2D eigenvalue weighted by Crippen LogP contribution is 2.47. The third kappa shape index (κ3) is 7.26. The molecule has 1 saturated heterocycles. The number of amides is 1. The minimum absolute atomic E-state index is 0.105. The lowest BCUT2D eigenvalue weighted by atomic mass is 10.1. The highest BCUT2D eigenvalue weighted by atomic mass is 79.9. The summed E-state index contributed by atoms with van der Waals surface area (Å²) in [4.78, 5) is 38.8. The molecule has 12 heteroatoms. The summed E-state index contributed by atoms with van der Waals surface area (Å²) < 4.78 is 30.4. The highest BCUT2D eigenvalue weighted by molar-refractivity contribution is 9.10. The van der Waals surface area contributed by atoms with E-state index in [0.29, 0.717) is 49.2 Å². The zero-order valence-corrected chi connectivity index (χ0v) is 28.5. The number of benzene rings is 4. The molecule has 5 aromatic rings. The van der Waals surface area contributed by atoms with Crippen LogP contribution in [0, 0.1) is 0 Å². The number of thiophene rings is 1. The predicted octanol–water partition coefficient (Wildman–Crippen LogP) is 7.49. The molecule has 0 saturated carbocycles. The zero-order valence-electron chi connectivity index (χ0n) is 26.1. The highest BCUT2D eigenvalue weighted by Gasteiger charge is 2.40. The van der Waals surface area contributed by atoms with Gasteiger partial charge in [0.25, 0.3) is 5.91 Å². The fraction of sp³-hybridized carbons (Fsp3) is 0.216. The van der Waals surface area contributed by atoms with Gasteiger partial charge in [-0.15, -0.1) is 11.3 Å². The van der Waals surface area contributed by atoms with Gasteiger partial charge < -0.3 is 33.7 Å². The molecule has 0 aliphatic carbocycles. The van der Waals surface area contributed by atoms with Crippen molar-refractivity contribution in [3.8, 4) is 39.2 Å². The van der Waals surface area contributed by atoms with E-state index in [2.05, 4.69) is 15.9 Å². The van der Waals surface area contributed by atoms with Crippen LogP contribution in [0.3, 0.4) is 0 Å². The number of halogens is 1. The van der Waals surface area contributed by atoms with Crippen LogP contribution in [-0.4, -0.2) is 60.3 Å². The number of phenols is 1. The monoisotopic (exact) mass is 743 g/mol. The Bertz CT molecular complexity index is 2030. The third-order valence-corrected chi connectivity index (χ3v) is 9.88. The van der Waals surface area contributed by atoms with Gasteiger partial charge in [-0.1, -0.05) is 28.1 Å². The number of ether oxygens (including phenoxy) is 5. The van der Waals surface area contributed by atoms with E-state index in [1.54, 1.807) is 41.7 Å². The molecule has 1 atom stereocenters. The summed E-state index contributed by atoms with van der Waals surface area (Å²) in [7, 11) is 0. The van der Waals surface area contributed by atoms with Crippen molar-refractivity contribution in [3.63, 3.8) is 0 Å². The largest absolute Gasteiger partial charge is 0.508 e. The molecule has 1 unspecified atom stereocenters. The van der Waals surface area contributed by atoms with Crippen molar-refractivity contribution in [3.05, 3.63) is 101 Å². The van der Waals surface area contributed by atoms with Gasteiger partial charge in [-0.05, 0) is 90.3 Å². The Balaban J connectivity index is 0.866. The lowest BCUT2D eigenvalue weighted by Crippen LogP contribution is -2.45. The van der Waals surface area contributed by atoms with Gasteiger partial charge in [-0.2, -0.15) is 0 Å². The second-order valence-corrected chi connectivity index (χ2v) is 13.4. The Morgan fingerprint density at radius 3 is 2.31 bits per heavy atom. The standard InChI is InChI=1S/C37H30BrNO9S/c38-24-3-1-22(2-4-24)35-34(30-11-5-25(40)20-32(30)49-35)47-27-8-6-26(7-9-27)45-17-15-44-16-18-46-28-10-12-29-23(19-28)21-39(36(29)42)31-13-14-33(41)48-37(31)43/h1-12,19-20,31,40H,13-18,21H2. The van der Waals surface area contributed by atoms with Crippen molar-refractivity contribution in [2.24, 2.45) is 0 Å². The lowest BCUT2D eigenvalue weighted by molar-refractivity contribution is -0.167. The average molecular weight is 745 g/mol. The first-order chi connectivity index (χ1) is 23.8. The zero-order chi connectivity index (χ0) is 33.9. The SMILES string of the molecule is O=C1CCC(N2Cc3cc(OCCOCCOc4ccc(Oc5c(-c6ccc(Br)cc6)sc6cc(O)ccc56)cc4)ccc3C2=O)C(=O)O1. The first-order valence-electron chi connectivity index (χ1n) is 15.6. The van der Waals surface area contributed by atoms with Crippen LogP contribution in [0.5, 0.6) is 28.7 Å². The molecule has 1 aromatic heterocycles. The molecule has 1 amide bonds. The molecule has 3 heterocycles. The number of phenolic OH excluding ortho intramolecular Hbond substituents is 1. The van der Waals surface area contributed by atoms with Crippen molar-refractivity contribution in [1.29, 1.82) is 0 Å². The molecule has 4 aromatic carbocycles. The summed E-state index contributed by atoms with van der Waals surface area (Å²) in [5.74, 6) is 1.36. The summed E-state index contributed by atoms with van der Waals surface area (Å²) in [5, 5.41) is 10.9. The number of aromatic hydroxyl groups is 1. The summed E-state index contributed by atoms with van der Waals surface area (Å²) in [6.07, 6.45) is 0.366. The molecule has 2 aliphatic rings. The topological polar surface area (TPSA) is 121 Å². The molecule has 1 fully saturated rings. The molecule has 2 aliphatic heterocycles. The quantitative estimate of drug-likeness (QED) is 0.0787. The molecule has 1 N–H and O–H groups in total. The average Bonchev–Trinajstić information content (AvgIpc) is 3.61. The number of hydrogen-bond acceptors (Lipinski definition) is 10. The van der Waals surface area contributed by atoms with E-state index in [-0.39, 0.29) is 31.0 Å². The van der Waals surface area contributed by atoms with Gasteiger partial charge in [0.1, 0.15) is 42.3 Å². The Morgan fingerprint density at radius 1 is 0.837 bits per heavy atom. The van der Waals surface area contributed by atoms with E-state index in [0.717, 1.165) is 36.3 Å². The third-order valence-electron chi connectivity index (χ3n) is 8.16. The summed E-state index contributed by atoms with van der Waals surface area (Å²) in [5.41, 5.74) is 2.29. The van der Waals surface area contributed by atoms with Crippen molar-refractivity contribution in [2.45, 2.75) is 25.4 Å². The van der Waals surface area contributed by atoms with Gasteiger partial charge in [-0.25, -0.2) is 4.79 Å². The number of fused-ring (bicyclic) bond motifs is 2. The van der Waals surface area contributed by atoms with Crippen LogP contribution in [0.1, 0.15) is 28.8 Å². The van der Waals surface area contributed by atoms with Gasteiger partial charge in [0.2, 0.25) is 0 Å². The molecular weight excluding hydrogens is 714 g/mol. The molecular formula is C37H30BrNO9S. The lowest BCUT2D eigenvalue weighted by Gasteiger charge is -2.28. The molecule has 7 rings (SSSR count). The molecule has 10 nitrogen and oxygen atoms in total. The Kier molecular flexibility index (Phi) is 9.52. The van der Waals surface area contributed by atoms with Crippen molar-refractivity contribution >= 4 is 55.2 Å². The van der Waals surface area contributed by atoms with Gasteiger partial charge in [0.05, 0.1) is 18.1 Å². The fourth-order valence-electron chi connectivity index (χ4n) is 5.76. The molecule has 250 valence electrons. The van der Waals surface area contributed by atoms with Crippen LogP contribution in [0.15, 0.2) is 89.4 Å². The Hall–Kier alpha value is -4.91. The normalized spacial score (nSPS) is 15.7. The van der Waals surface area contributed by atoms with E-state index in [1.165, 1.54) is 4.90 Å². The molecule has 0 radical (unpaired) electrons. The minimum Gasteiger partial charge on any atom is -0.508 e. The maximum absolute atomic E-state index is 12.8. The second kappa shape index (κ2) is 14.3. The molecule has 49 heavy (non-hydrogen) atoms. The van der Waals surface area contributed by atoms with E-state index in [1.807, 2.05) is 54.6 Å². The van der Waals surface area contributed by atoms with Gasteiger partial charge in [0.15, 0.2) is 5.75 Å². The van der Waals surface area contributed by atoms with E-state index >= 15 is 0 Å². The van der Waals surface area contributed by atoms with Crippen LogP contribution >= 0.6 is 27.3 Å². The van der Waals surface area contributed by atoms with Crippen LogP contribution < -0.4 is 14.2 Å². The van der Waals surface area contributed by atoms with Gasteiger partial charge in [-0.3, -0.25) is 9.59 Å². The number of rotatable bonds is 12. The number of nitrogens with zero attached hydrogens (tertiary/aromatic N) is 1. The second-order valence-electron chi connectivity index (χ2n) is 11.4. The van der Waals surface area contributed by atoms with E-state index in [4.69, 9.17) is 23.7 Å². The van der Waals surface area contributed by atoms with Crippen molar-refractivity contribution in [2.75, 3.05) is 26.4 Å². The fourth-order valence-corrected chi connectivity index (χ4v) is 7.20. The van der Waals surface area contributed by atoms with Crippen LogP contribution in [-0.2, 0) is 25.6 Å². The van der Waals surface area contributed by atoms with Crippen molar-refractivity contribution < 1.29 is 43.2 Å². The van der Waals surface area contributed by atoms with Crippen LogP contribution in [0.25, 0.3) is 20.5 Å². The number of cyclic esters (lactones) is 2. The van der Waals surface area contributed by atoms with Gasteiger partial charge in [0, 0.05) is 33.1 Å². The maximum Gasteiger partial charge on any atom is 0.336 e. The summed E-state index contributed by atoms with van der Waals surface area (Å²) in [6, 6.07) is 25.1. The maximum atomic E-state index is 12.8. The van der Waals surface area contributed by atoms with E-state index < -0.39 is 18.0 Å². The Morgan fingerprint density at radius 2 is 1.55 bits per heavy atom. The number of carbonyl (C=O) groups excluding carboxylic acids is 3. The number of esters is 2. The molecule has 0 spiro atoms. The first kappa shape index (κ1) is 32.6. The number of carbonyl (C=O) groups is 3. The van der Waals surface area contributed by atoms with E-state index in [9.17, 15) is 19.5 Å². The predicted molar refractivity (Wildman–Crippen MR) is 185 cm³/mol. The minimum atomic E-state index is -0.760. The van der Waals surface area contributed by atoms with Crippen molar-refractivity contribution in [1.82, 2.24) is 4.90 Å². The Labute approximate surface area is 293 Å². The summed E-state index contributed by atoms with van der Waals surface area (Å²) >= 11 is 5.06.